The summed E-state index contributed by atoms with van der Waals surface area (Å²) in [4.78, 5) is 12.4. The Morgan fingerprint density at radius 3 is 2.21 bits per heavy atom. The maximum atomic E-state index is 12.4. The molecule has 4 nitrogen and oxygen atoms in total. The van der Waals surface area contributed by atoms with E-state index in [0.29, 0.717) is 10.6 Å². The molecule has 3 aromatic rings. The monoisotopic (exact) mass is 464 g/mol. The minimum absolute atomic E-state index is 0.592. The van der Waals surface area contributed by atoms with Gasteiger partial charge in [0.1, 0.15) is 5.60 Å². The van der Waals surface area contributed by atoms with Crippen LogP contribution in [-0.4, -0.2) is 27.4 Å². The molecule has 1 atom stereocenters. The van der Waals surface area contributed by atoms with E-state index in [4.69, 9.17) is 16.3 Å². The fourth-order valence-electron chi connectivity index (χ4n) is 3.71. The molecule has 0 aliphatic heterocycles. The molecule has 0 aromatic heterocycles. The average Bonchev–Trinajstić information content (AvgIpc) is 2.69. The van der Waals surface area contributed by atoms with Gasteiger partial charge < -0.3 is 14.9 Å². The molecule has 0 saturated heterocycles. The number of carbonyl (C=O) groups is 1. The van der Waals surface area contributed by atoms with Crippen molar-refractivity contribution in [2.45, 2.75) is 58.8 Å². The minimum Gasteiger partial charge on any atom is -0.479 e. The van der Waals surface area contributed by atoms with Crippen molar-refractivity contribution >= 4 is 28.3 Å². The lowest BCUT2D eigenvalue weighted by Gasteiger charge is -2.28. The summed E-state index contributed by atoms with van der Waals surface area (Å²) in [6.07, 6.45) is -1.16. The van der Waals surface area contributed by atoms with Gasteiger partial charge in [-0.2, -0.15) is 0 Å². The number of ether oxygens (including phenoxy) is 1. The maximum Gasteiger partial charge on any atom is 0.337 e. The van der Waals surface area contributed by atoms with Gasteiger partial charge in [0.25, 0.3) is 0 Å². The zero-order valence-electron chi connectivity index (χ0n) is 19.8. The molecule has 33 heavy (non-hydrogen) atoms. The van der Waals surface area contributed by atoms with Gasteiger partial charge in [0.05, 0.1) is 5.60 Å². The van der Waals surface area contributed by atoms with E-state index in [2.05, 4.69) is 11.8 Å². The maximum absolute atomic E-state index is 12.4. The van der Waals surface area contributed by atoms with E-state index in [1.165, 1.54) is 0 Å². The summed E-state index contributed by atoms with van der Waals surface area (Å²) in [6.45, 7) is 10.7. The lowest BCUT2D eigenvalue weighted by molar-refractivity contribution is -0.160. The van der Waals surface area contributed by atoms with Gasteiger partial charge in [0, 0.05) is 16.1 Å². The standard InChI is InChI=1S/C28H29ClO4/c1-17-15-20-8-7-18(13-14-28(5,6)32)16-22(20)24(19-9-11-21(29)12-10-19)23(17)25(26(30)31)33-27(2,3)4/h7-12,15-16,25,32H,1-6H3,(H,30,31)/t25-/m0/s1. The second-order valence-electron chi connectivity index (χ2n) is 9.68. The molecule has 172 valence electrons. The van der Waals surface area contributed by atoms with Crippen molar-refractivity contribution in [2.75, 3.05) is 0 Å². The first-order valence-electron chi connectivity index (χ1n) is 10.7. The van der Waals surface area contributed by atoms with Gasteiger partial charge in [-0.25, -0.2) is 4.79 Å². The van der Waals surface area contributed by atoms with Crippen molar-refractivity contribution in [1.82, 2.24) is 0 Å². The minimum atomic E-state index is -1.16. The first-order chi connectivity index (χ1) is 15.2. The molecule has 0 bridgehead atoms. The number of hydrogen-bond donors (Lipinski definition) is 2. The molecule has 3 rings (SSSR count). The number of halogens is 1. The highest BCUT2D eigenvalue weighted by Gasteiger charge is 2.31. The highest BCUT2D eigenvalue weighted by Crippen LogP contribution is 2.41. The molecule has 0 radical (unpaired) electrons. The summed E-state index contributed by atoms with van der Waals surface area (Å²) in [5, 5.41) is 22.5. The number of aliphatic carboxylic acids is 1. The average molecular weight is 465 g/mol. The van der Waals surface area contributed by atoms with Gasteiger partial charge in [-0.05, 0) is 93.3 Å². The molecule has 5 heteroatoms. The van der Waals surface area contributed by atoms with Crippen molar-refractivity contribution in [3.8, 4) is 23.0 Å². The topological polar surface area (TPSA) is 66.8 Å². The second kappa shape index (κ2) is 9.19. The third-order valence-corrected chi connectivity index (χ3v) is 5.24. The number of aryl methyl sites for hydroxylation is 1. The number of carboxylic acids is 1. The molecule has 0 saturated carbocycles. The highest BCUT2D eigenvalue weighted by molar-refractivity contribution is 6.30. The van der Waals surface area contributed by atoms with Gasteiger partial charge >= 0.3 is 5.97 Å². The molecule has 0 aliphatic rings. The van der Waals surface area contributed by atoms with Crippen LogP contribution < -0.4 is 0 Å². The van der Waals surface area contributed by atoms with Crippen LogP contribution in [0.3, 0.4) is 0 Å². The lowest BCUT2D eigenvalue weighted by Crippen LogP contribution is -2.28. The van der Waals surface area contributed by atoms with Crippen molar-refractivity contribution < 1.29 is 19.7 Å². The zero-order chi connectivity index (χ0) is 24.6. The number of hydrogen-bond acceptors (Lipinski definition) is 3. The number of carboxylic acid groups (broad SMARTS) is 1. The molecule has 0 amide bonds. The van der Waals surface area contributed by atoms with Crippen molar-refractivity contribution in [3.05, 3.63) is 70.2 Å². The number of benzene rings is 3. The zero-order valence-corrected chi connectivity index (χ0v) is 20.5. The fraction of sp³-hybridized carbons (Fsp3) is 0.321. The molecular formula is C28H29ClO4. The van der Waals surface area contributed by atoms with Crippen molar-refractivity contribution in [1.29, 1.82) is 0 Å². The van der Waals surface area contributed by atoms with E-state index < -0.39 is 23.3 Å². The van der Waals surface area contributed by atoms with Gasteiger partial charge in [0.15, 0.2) is 6.10 Å². The quantitative estimate of drug-likeness (QED) is 0.430. The molecule has 0 spiro atoms. The van der Waals surface area contributed by atoms with Gasteiger partial charge in [-0.15, -0.1) is 0 Å². The molecule has 0 fully saturated rings. The summed E-state index contributed by atoms with van der Waals surface area (Å²) in [5.41, 5.74) is 1.95. The SMILES string of the molecule is Cc1cc2ccc(C#CC(C)(C)O)cc2c(-c2ccc(Cl)cc2)c1[C@H](OC(C)(C)C)C(=O)O. The van der Waals surface area contributed by atoms with E-state index in [9.17, 15) is 15.0 Å². The van der Waals surface area contributed by atoms with Crippen molar-refractivity contribution in [3.63, 3.8) is 0 Å². The van der Waals surface area contributed by atoms with Crippen LogP contribution in [0.15, 0.2) is 48.5 Å². The van der Waals surface area contributed by atoms with E-state index in [0.717, 1.165) is 33.0 Å². The second-order valence-corrected chi connectivity index (χ2v) is 10.1. The Morgan fingerprint density at radius 1 is 1.03 bits per heavy atom. The third kappa shape index (κ3) is 6.15. The van der Waals surface area contributed by atoms with Gasteiger partial charge in [-0.1, -0.05) is 47.7 Å². The molecule has 0 heterocycles. The van der Waals surface area contributed by atoms with Crippen LogP contribution in [0, 0.1) is 18.8 Å². The Morgan fingerprint density at radius 2 is 1.67 bits per heavy atom. The number of fused-ring (bicyclic) bond motifs is 1. The Labute approximate surface area is 200 Å². The Bertz CT molecular complexity index is 1250. The lowest BCUT2D eigenvalue weighted by atomic mass is 9.86. The third-order valence-electron chi connectivity index (χ3n) is 4.99. The number of rotatable bonds is 4. The van der Waals surface area contributed by atoms with Crippen LogP contribution >= 0.6 is 11.6 Å². The predicted molar refractivity (Wildman–Crippen MR) is 134 cm³/mol. The Balaban J connectivity index is 2.40. The number of aliphatic hydroxyl groups is 1. The van der Waals surface area contributed by atoms with Crippen LogP contribution in [0.25, 0.3) is 21.9 Å². The van der Waals surface area contributed by atoms with Crippen LogP contribution in [0.1, 0.15) is 57.4 Å². The van der Waals surface area contributed by atoms with Crippen LogP contribution in [0.4, 0.5) is 0 Å². The van der Waals surface area contributed by atoms with Crippen LogP contribution in [-0.2, 0) is 9.53 Å². The van der Waals surface area contributed by atoms with Crippen LogP contribution in [0.5, 0.6) is 0 Å². The van der Waals surface area contributed by atoms with Gasteiger partial charge in [-0.3, -0.25) is 0 Å². The van der Waals surface area contributed by atoms with Gasteiger partial charge in [0.2, 0.25) is 0 Å². The first-order valence-corrected chi connectivity index (χ1v) is 11.1. The largest absolute Gasteiger partial charge is 0.479 e. The molecule has 2 N–H and O–H groups in total. The smallest absolute Gasteiger partial charge is 0.337 e. The molecule has 3 aromatic carbocycles. The summed E-state index contributed by atoms with van der Waals surface area (Å²) in [6, 6.07) is 15.1. The van der Waals surface area contributed by atoms with Crippen molar-refractivity contribution in [2.24, 2.45) is 0 Å². The Kier molecular flexibility index (Phi) is 6.91. The van der Waals surface area contributed by atoms with E-state index in [1.54, 1.807) is 26.0 Å². The highest BCUT2D eigenvalue weighted by atomic mass is 35.5. The molecule has 0 unspecified atom stereocenters. The van der Waals surface area contributed by atoms with E-state index >= 15 is 0 Å². The Hall–Kier alpha value is -2.84. The van der Waals surface area contributed by atoms with E-state index in [1.807, 2.05) is 64.1 Å². The summed E-state index contributed by atoms with van der Waals surface area (Å²) in [7, 11) is 0. The molecular weight excluding hydrogens is 436 g/mol. The summed E-state index contributed by atoms with van der Waals surface area (Å²) < 4.78 is 6.04. The first kappa shape index (κ1) is 24.8. The van der Waals surface area contributed by atoms with Crippen LogP contribution in [0.2, 0.25) is 5.02 Å². The summed E-state index contributed by atoms with van der Waals surface area (Å²) >= 11 is 6.14. The summed E-state index contributed by atoms with van der Waals surface area (Å²) in [5.74, 6) is 4.80. The van der Waals surface area contributed by atoms with E-state index in [-0.39, 0.29) is 0 Å². The molecule has 0 aliphatic carbocycles. The fourth-order valence-corrected chi connectivity index (χ4v) is 3.83. The normalized spacial score (nSPS) is 12.8. The predicted octanol–water partition coefficient (Wildman–Crippen LogP) is 6.53.